The predicted molar refractivity (Wildman–Crippen MR) is 148 cm³/mol. The first kappa shape index (κ1) is 36.7. The molecule has 1 aliphatic rings. The Kier molecular flexibility index (Phi) is 12.8. The number of nitrogens with two attached hydrogens (primary N) is 1. The summed E-state index contributed by atoms with van der Waals surface area (Å²) in [6.45, 7) is 9.79. The Labute approximate surface area is 249 Å². The highest BCUT2D eigenvalue weighted by Gasteiger charge is 2.61. The summed E-state index contributed by atoms with van der Waals surface area (Å²) in [4.78, 5) is 39.9. The molecular weight excluding hydrogens is 599 g/mol. The van der Waals surface area contributed by atoms with E-state index in [0.29, 0.717) is 11.0 Å². The molecule has 3 atom stereocenters. The van der Waals surface area contributed by atoms with Crippen molar-refractivity contribution in [3.8, 4) is 0 Å². The van der Waals surface area contributed by atoms with E-state index in [1.54, 1.807) is 48.5 Å². The number of halogens is 2. The lowest BCUT2D eigenvalue weighted by Crippen LogP contribution is -2.43. The van der Waals surface area contributed by atoms with Gasteiger partial charge in [0.25, 0.3) is 0 Å². The van der Waals surface area contributed by atoms with Crippen LogP contribution >= 0.6 is 7.82 Å². The number of nitrogens with zero attached hydrogens (tertiary/aromatic N) is 2. The Morgan fingerprint density at radius 2 is 1.58 bits per heavy atom. The highest BCUT2D eigenvalue weighted by molar-refractivity contribution is 7.48. The van der Waals surface area contributed by atoms with E-state index in [-0.39, 0.29) is 25.3 Å². The van der Waals surface area contributed by atoms with Crippen molar-refractivity contribution < 1.29 is 55.5 Å². The average Bonchev–Trinajstić information content (AvgIpc) is 3.08. The molecule has 2 rings (SSSR count). The molecule has 1 fully saturated rings. The summed E-state index contributed by atoms with van der Waals surface area (Å²) in [5.41, 5.74) is 3.56. The van der Waals surface area contributed by atoms with E-state index < -0.39 is 80.8 Å². The molecule has 0 bridgehead atoms. The van der Waals surface area contributed by atoms with Crippen molar-refractivity contribution in [2.45, 2.75) is 92.1 Å². The SMILES string of the molecule is CCCO[C@@H]1[C@@H](COP(=O)(OCOC(=O)CC(C)(C)C)OCOC(=O)CC(C)(C)C)O[C@@H](n2ccc(N)nc2=O)C1(F)F. The highest BCUT2D eigenvalue weighted by atomic mass is 31.2. The third-order valence-electron chi connectivity index (χ3n) is 5.56. The lowest BCUT2D eigenvalue weighted by atomic mass is 9.92. The van der Waals surface area contributed by atoms with Crippen LogP contribution in [0.25, 0.3) is 0 Å². The molecule has 1 saturated heterocycles. The monoisotopic (exact) mass is 641 g/mol. The molecule has 0 saturated carbocycles. The van der Waals surface area contributed by atoms with Gasteiger partial charge in [0.15, 0.2) is 6.10 Å². The Morgan fingerprint density at radius 3 is 2.05 bits per heavy atom. The van der Waals surface area contributed by atoms with Crippen molar-refractivity contribution >= 4 is 25.6 Å². The van der Waals surface area contributed by atoms with Crippen LogP contribution in [-0.2, 0) is 46.7 Å². The van der Waals surface area contributed by atoms with Crippen LogP contribution in [0.1, 0.15) is 74.0 Å². The number of aromatic nitrogens is 2. The second-order valence-corrected chi connectivity index (χ2v) is 13.9. The summed E-state index contributed by atoms with van der Waals surface area (Å²) in [7, 11) is -4.72. The van der Waals surface area contributed by atoms with Crippen molar-refractivity contribution in [1.29, 1.82) is 0 Å². The topological polar surface area (TPSA) is 177 Å². The van der Waals surface area contributed by atoms with Crippen molar-refractivity contribution in [2.24, 2.45) is 10.8 Å². The van der Waals surface area contributed by atoms with Crippen LogP contribution in [0.2, 0.25) is 0 Å². The summed E-state index contributed by atoms with van der Waals surface area (Å²) in [6, 6.07) is 1.14. The van der Waals surface area contributed by atoms with Crippen LogP contribution in [0.15, 0.2) is 17.1 Å². The van der Waals surface area contributed by atoms with Gasteiger partial charge in [-0.25, -0.2) is 18.4 Å². The zero-order chi connectivity index (χ0) is 32.6. The first-order valence-corrected chi connectivity index (χ1v) is 15.1. The summed E-state index contributed by atoms with van der Waals surface area (Å²) >= 11 is 0. The number of esters is 2. The van der Waals surface area contributed by atoms with Gasteiger partial charge in [-0.1, -0.05) is 48.5 Å². The number of alkyl halides is 2. The zero-order valence-corrected chi connectivity index (χ0v) is 26.4. The Balaban J connectivity index is 2.21. The minimum absolute atomic E-state index is 0.00892. The number of rotatable bonds is 15. The van der Waals surface area contributed by atoms with E-state index in [0.717, 1.165) is 12.3 Å². The molecule has 0 unspecified atom stereocenters. The number of ether oxygens (including phenoxy) is 4. The van der Waals surface area contributed by atoms with Crippen LogP contribution in [-0.4, -0.2) is 66.4 Å². The molecule has 2 heterocycles. The second kappa shape index (κ2) is 15.0. The van der Waals surface area contributed by atoms with Gasteiger partial charge in [0, 0.05) is 12.8 Å². The maximum absolute atomic E-state index is 15.5. The summed E-state index contributed by atoms with van der Waals surface area (Å²) in [5, 5.41) is 0. The number of carbonyl (C=O) groups excluding carboxylic acids is 2. The molecule has 0 spiro atoms. The number of hydrogen-bond donors (Lipinski definition) is 1. The molecule has 0 amide bonds. The fraction of sp³-hybridized carbons (Fsp3) is 0.769. The third kappa shape index (κ3) is 11.8. The molecule has 0 aromatic carbocycles. The smallest absolute Gasteiger partial charge is 0.438 e. The Bertz CT molecular complexity index is 1160. The fourth-order valence-electron chi connectivity index (χ4n) is 3.72. The Morgan fingerprint density at radius 1 is 1.05 bits per heavy atom. The maximum atomic E-state index is 15.5. The number of hydrogen-bond acceptors (Lipinski definition) is 13. The molecule has 246 valence electrons. The van der Waals surface area contributed by atoms with Gasteiger partial charge in [-0.3, -0.25) is 18.7 Å². The molecule has 1 aromatic heterocycles. The maximum Gasteiger partial charge on any atom is 0.480 e. The van der Waals surface area contributed by atoms with Crippen LogP contribution in [0.4, 0.5) is 14.6 Å². The van der Waals surface area contributed by atoms with Crippen LogP contribution in [0.3, 0.4) is 0 Å². The lowest BCUT2D eigenvalue weighted by Gasteiger charge is -2.25. The molecular formula is C26H42F2N3O11P. The predicted octanol–water partition coefficient (Wildman–Crippen LogP) is 4.19. The van der Waals surface area contributed by atoms with Crippen molar-refractivity contribution in [3.63, 3.8) is 0 Å². The van der Waals surface area contributed by atoms with E-state index in [2.05, 4.69) is 4.98 Å². The van der Waals surface area contributed by atoms with Gasteiger partial charge in [-0.05, 0) is 23.3 Å². The van der Waals surface area contributed by atoms with E-state index in [4.69, 9.17) is 38.3 Å². The molecule has 17 heteroatoms. The van der Waals surface area contributed by atoms with Crippen molar-refractivity contribution in [1.82, 2.24) is 9.55 Å². The van der Waals surface area contributed by atoms with Gasteiger partial charge in [-0.15, -0.1) is 0 Å². The van der Waals surface area contributed by atoms with Gasteiger partial charge >= 0.3 is 31.4 Å². The van der Waals surface area contributed by atoms with Crippen LogP contribution in [0.5, 0.6) is 0 Å². The minimum Gasteiger partial charge on any atom is -0.438 e. The molecule has 1 aliphatic heterocycles. The lowest BCUT2D eigenvalue weighted by molar-refractivity contribution is -0.156. The summed E-state index contributed by atoms with van der Waals surface area (Å²) in [6.07, 6.45) is -4.32. The number of phosphoric acid groups is 1. The minimum atomic E-state index is -4.72. The van der Waals surface area contributed by atoms with Crippen LogP contribution in [0, 0.1) is 10.8 Å². The van der Waals surface area contributed by atoms with Crippen molar-refractivity contribution in [3.05, 3.63) is 22.7 Å². The highest BCUT2D eigenvalue weighted by Crippen LogP contribution is 2.51. The van der Waals surface area contributed by atoms with E-state index in [9.17, 15) is 18.9 Å². The first-order valence-electron chi connectivity index (χ1n) is 13.6. The fourth-order valence-corrected chi connectivity index (χ4v) is 4.64. The average molecular weight is 642 g/mol. The largest absolute Gasteiger partial charge is 0.480 e. The molecule has 14 nitrogen and oxygen atoms in total. The third-order valence-corrected chi connectivity index (χ3v) is 6.87. The molecule has 2 N–H and O–H groups in total. The number of anilines is 1. The second-order valence-electron chi connectivity index (χ2n) is 12.3. The van der Waals surface area contributed by atoms with E-state index in [1.807, 2.05) is 0 Å². The summed E-state index contributed by atoms with van der Waals surface area (Å²) < 4.78 is 81.2. The number of phosphoric ester groups is 1. The molecule has 0 radical (unpaired) electrons. The van der Waals surface area contributed by atoms with Gasteiger partial charge in [0.05, 0.1) is 19.4 Å². The molecule has 0 aliphatic carbocycles. The van der Waals surface area contributed by atoms with Gasteiger partial charge in [-0.2, -0.15) is 13.8 Å². The van der Waals surface area contributed by atoms with Crippen molar-refractivity contribution in [2.75, 3.05) is 32.5 Å². The van der Waals surface area contributed by atoms with Crippen LogP contribution < -0.4 is 11.4 Å². The molecule has 1 aromatic rings. The molecule has 43 heavy (non-hydrogen) atoms. The van der Waals surface area contributed by atoms with Gasteiger partial charge < -0.3 is 24.7 Å². The first-order chi connectivity index (χ1) is 19.8. The number of carbonyl (C=O) groups is 2. The standard InChI is InChI=1S/C26H42F2N3O11P/c1-8-11-36-21-17(42-22(26(21,27)28)31-10-9-18(29)30-23(31)34)14-39-43(35,40-15-37-19(32)12-24(2,3)4)41-16-38-20(33)13-25(5,6)7/h9-10,17,21-22H,8,11-16H2,1-7H3,(H2,29,30,34)/t17-,21-,22-/m1/s1. The zero-order valence-electron chi connectivity index (χ0n) is 25.5. The quantitative estimate of drug-likeness (QED) is 0.164. The number of nitrogen functional groups attached to an aromatic ring is 1. The van der Waals surface area contributed by atoms with E-state index >= 15 is 8.78 Å². The van der Waals surface area contributed by atoms with E-state index in [1.165, 1.54) is 0 Å². The summed E-state index contributed by atoms with van der Waals surface area (Å²) in [5.74, 6) is -5.30. The normalized spacial score (nSPS) is 20.6. The Hall–Kier alpha value is -2.49. The van der Waals surface area contributed by atoms with Gasteiger partial charge in [0.2, 0.25) is 19.8 Å². The van der Waals surface area contributed by atoms with Gasteiger partial charge in [0.1, 0.15) is 11.9 Å².